The monoisotopic (exact) mass is 332 g/mol. The van der Waals surface area contributed by atoms with Crippen molar-refractivity contribution >= 4 is 21.8 Å². The van der Waals surface area contributed by atoms with Crippen LogP contribution >= 0.6 is 15.9 Å². The summed E-state index contributed by atoms with van der Waals surface area (Å²) in [7, 11) is 2.04. The highest BCUT2D eigenvalue weighted by Gasteiger charge is 2.09. The summed E-state index contributed by atoms with van der Waals surface area (Å²) < 4.78 is 1.08. The topological polar surface area (TPSA) is 66.0 Å². The Morgan fingerprint density at radius 2 is 1.95 bits per heavy atom. The molecule has 0 unspecified atom stereocenters. The molecule has 0 amide bonds. The molecule has 1 heterocycles. The number of pyridine rings is 1. The van der Waals surface area contributed by atoms with E-state index in [1.54, 1.807) is 6.20 Å². The zero-order valence-electron chi connectivity index (χ0n) is 11.3. The van der Waals surface area contributed by atoms with E-state index < -0.39 is 0 Å². The molecule has 1 aromatic carbocycles. The van der Waals surface area contributed by atoms with Crippen molar-refractivity contribution in [2.24, 2.45) is 5.73 Å². The number of nitrogens with zero attached hydrogens (tertiary/aromatic N) is 2. The van der Waals surface area contributed by atoms with Crippen molar-refractivity contribution in [2.45, 2.75) is 13.1 Å². The molecule has 0 fully saturated rings. The van der Waals surface area contributed by atoms with Crippen LogP contribution in [-0.2, 0) is 13.1 Å². The number of benzene rings is 1. The lowest BCUT2D eigenvalue weighted by atomic mass is 10.1. The summed E-state index contributed by atoms with van der Waals surface area (Å²) >= 11 is 3.43. The number of rotatable bonds is 5. The molecule has 0 saturated heterocycles. The molecule has 2 aromatic rings. The van der Waals surface area contributed by atoms with Crippen LogP contribution < -0.4 is 5.73 Å². The molecule has 2 rings (SSSR count). The van der Waals surface area contributed by atoms with Gasteiger partial charge in [-0.2, -0.15) is 0 Å². The fourth-order valence-corrected chi connectivity index (χ4v) is 2.32. The van der Waals surface area contributed by atoms with Gasteiger partial charge in [0.15, 0.2) is 0 Å². The maximum absolute atomic E-state index is 7.56. The first-order valence-corrected chi connectivity index (χ1v) is 7.07. The van der Waals surface area contributed by atoms with E-state index in [1.807, 2.05) is 31.3 Å². The highest BCUT2D eigenvalue weighted by Crippen LogP contribution is 2.14. The minimum absolute atomic E-state index is 0.0117. The smallest absolute Gasteiger partial charge is 0.142 e. The second kappa shape index (κ2) is 6.63. The molecule has 0 aliphatic heterocycles. The molecule has 0 aliphatic carbocycles. The Kier molecular flexibility index (Phi) is 4.87. The number of amidine groups is 1. The number of hydrogen-bond acceptors (Lipinski definition) is 3. The standard InChI is InChI=1S/C15H17BrN4/c1-20(9-11-4-6-13(16)7-5-11)10-12-3-2-8-19-14(12)15(17)18/h2-8H,9-10H2,1H3,(H3,17,18). The highest BCUT2D eigenvalue weighted by atomic mass is 79.9. The third-order valence-electron chi connectivity index (χ3n) is 2.95. The van der Waals surface area contributed by atoms with Gasteiger partial charge in [0.1, 0.15) is 11.5 Å². The predicted molar refractivity (Wildman–Crippen MR) is 84.6 cm³/mol. The van der Waals surface area contributed by atoms with Gasteiger partial charge in [-0.25, -0.2) is 0 Å². The highest BCUT2D eigenvalue weighted by molar-refractivity contribution is 9.10. The molecular formula is C15H17BrN4. The van der Waals surface area contributed by atoms with Crippen LogP contribution in [-0.4, -0.2) is 22.8 Å². The maximum atomic E-state index is 7.56. The summed E-state index contributed by atoms with van der Waals surface area (Å²) in [6.07, 6.45) is 1.66. The van der Waals surface area contributed by atoms with E-state index in [9.17, 15) is 0 Å². The second-order valence-corrected chi connectivity index (χ2v) is 5.64. The van der Waals surface area contributed by atoms with Gasteiger partial charge < -0.3 is 5.73 Å². The lowest BCUT2D eigenvalue weighted by Gasteiger charge is -2.18. The van der Waals surface area contributed by atoms with Crippen LogP contribution in [0.2, 0.25) is 0 Å². The maximum Gasteiger partial charge on any atom is 0.142 e. The van der Waals surface area contributed by atoms with E-state index >= 15 is 0 Å². The molecule has 0 spiro atoms. The summed E-state index contributed by atoms with van der Waals surface area (Å²) in [5.74, 6) is 0.0117. The van der Waals surface area contributed by atoms with E-state index in [0.717, 1.165) is 16.6 Å². The molecule has 3 N–H and O–H groups in total. The summed E-state index contributed by atoms with van der Waals surface area (Å²) in [5, 5.41) is 7.56. The summed E-state index contributed by atoms with van der Waals surface area (Å²) in [5.41, 5.74) is 8.33. The summed E-state index contributed by atoms with van der Waals surface area (Å²) in [6, 6.07) is 12.1. The molecule has 0 atom stereocenters. The van der Waals surface area contributed by atoms with E-state index in [4.69, 9.17) is 11.1 Å². The van der Waals surface area contributed by atoms with Gasteiger partial charge in [-0.1, -0.05) is 34.1 Å². The van der Waals surface area contributed by atoms with Crippen LogP contribution in [0, 0.1) is 5.41 Å². The number of nitrogens with one attached hydrogen (secondary N) is 1. The lowest BCUT2D eigenvalue weighted by Crippen LogP contribution is -2.22. The molecule has 104 valence electrons. The SMILES string of the molecule is CN(Cc1ccc(Br)cc1)Cc1cccnc1C(=N)N. The second-order valence-electron chi connectivity index (χ2n) is 4.72. The number of aromatic nitrogens is 1. The van der Waals surface area contributed by atoms with Gasteiger partial charge in [0.05, 0.1) is 0 Å². The average Bonchev–Trinajstić information content (AvgIpc) is 2.41. The lowest BCUT2D eigenvalue weighted by molar-refractivity contribution is 0.318. The zero-order valence-corrected chi connectivity index (χ0v) is 12.9. The minimum Gasteiger partial charge on any atom is -0.382 e. The van der Waals surface area contributed by atoms with E-state index in [-0.39, 0.29) is 5.84 Å². The third kappa shape index (κ3) is 3.88. The van der Waals surface area contributed by atoms with Crippen molar-refractivity contribution in [1.29, 1.82) is 5.41 Å². The molecule has 0 aliphatic rings. The van der Waals surface area contributed by atoms with Crippen LogP contribution in [0.3, 0.4) is 0 Å². The summed E-state index contributed by atoms with van der Waals surface area (Å²) in [4.78, 5) is 6.34. The largest absolute Gasteiger partial charge is 0.382 e. The first kappa shape index (κ1) is 14.7. The van der Waals surface area contributed by atoms with Gasteiger partial charge in [0.25, 0.3) is 0 Å². The Bertz CT molecular complexity index is 595. The van der Waals surface area contributed by atoms with E-state index in [1.165, 1.54) is 5.56 Å². The van der Waals surface area contributed by atoms with Gasteiger partial charge in [0.2, 0.25) is 0 Å². The van der Waals surface area contributed by atoms with Crippen molar-refractivity contribution in [3.05, 3.63) is 63.9 Å². The molecule has 5 heteroatoms. The number of nitrogen functional groups attached to an aromatic ring is 1. The fraction of sp³-hybridized carbons (Fsp3) is 0.200. The van der Waals surface area contributed by atoms with Crippen molar-refractivity contribution in [1.82, 2.24) is 9.88 Å². The van der Waals surface area contributed by atoms with E-state index in [0.29, 0.717) is 12.2 Å². The Morgan fingerprint density at radius 3 is 2.60 bits per heavy atom. The summed E-state index contributed by atoms with van der Waals surface area (Å²) in [6.45, 7) is 1.54. The Hall–Kier alpha value is -1.72. The predicted octanol–water partition coefficient (Wildman–Crippen LogP) is 2.76. The van der Waals surface area contributed by atoms with Crippen LogP contribution in [0.1, 0.15) is 16.8 Å². The van der Waals surface area contributed by atoms with Crippen molar-refractivity contribution < 1.29 is 0 Å². The Balaban J connectivity index is 2.06. The first-order valence-electron chi connectivity index (χ1n) is 6.27. The average molecular weight is 333 g/mol. The van der Waals surface area contributed by atoms with Crippen LogP contribution in [0.5, 0.6) is 0 Å². The van der Waals surface area contributed by atoms with Gasteiger partial charge in [-0.05, 0) is 36.4 Å². The van der Waals surface area contributed by atoms with Gasteiger partial charge >= 0.3 is 0 Å². The van der Waals surface area contributed by atoms with Crippen LogP contribution in [0.25, 0.3) is 0 Å². The fourth-order valence-electron chi connectivity index (χ4n) is 2.06. The normalized spacial score (nSPS) is 10.8. The van der Waals surface area contributed by atoms with Crippen LogP contribution in [0.15, 0.2) is 47.1 Å². The van der Waals surface area contributed by atoms with Crippen molar-refractivity contribution in [3.63, 3.8) is 0 Å². The van der Waals surface area contributed by atoms with Gasteiger partial charge in [0, 0.05) is 23.8 Å². The molecule has 0 bridgehead atoms. The molecule has 0 saturated carbocycles. The number of halogens is 1. The van der Waals surface area contributed by atoms with Crippen LogP contribution in [0.4, 0.5) is 0 Å². The molecule has 20 heavy (non-hydrogen) atoms. The molecule has 0 radical (unpaired) electrons. The quantitative estimate of drug-likeness (QED) is 0.653. The van der Waals surface area contributed by atoms with Gasteiger partial charge in [-0.15, -0.1) is 0 Å². The first-order chi connectivity index (χ1) is 9.56. The molecule has 1 aromatic heterocycles. The third-order valence-corrected chi connectivity index (χ3v) is 3.48. The number of hydrogen-bond donors (Lipinski definition) is 2. The van der Waals surface area contributed by atoms with Gasteiger partial charge in [-0.3, -0.25) is 15.3 Å². The Morgan fingerprint density at radius 1 is 1.25 bits per heavy atom. The van der Waals surface area contributed by atoms with E-state index in [2.05, 4.69) is 37.9 Å². The zero-order chi connectivity index (χ0) is 14.5. The minimum atomic E-state index is 0.0117. The molecule has 4 nitrogen and oxygen atoms in total. The van der Waals surface area contributed by atoms with Crippen molar-refractivity contribution in [3.8, 4) is 0 Å². The molecular weight excluding hydrogens is 316 g/mol. The number of nitrogens with two attached hydrogens (primary N) is 1. The van der Waals surface area contributed by atoms with Crippen molar-refractivity contribution in [2.75, 3.05) is 7.05 Å². The Labute approximate surface area is 127 Å².